The Balaban J connectivity index is 1.86. The summed E-state index contributed by atoms with van der Waals surface area (Å²) in [4.78, 5) is 11.9. The van der Waals surface area contributed by atoms with Gasteiger partial charge in [0, 0.05) is 18.5 Å². The largest absolute Gasteiger partial charge is 0.310 e. The van der Waals surface area contributed by atoms with Crippen LogP contribution in [0.5, 0.6) is 0 Å². The number of rotatable bonds is 5. The molecule has 19 heavy (non-hydrogen) atoms. The van der Waals surface area contributed by atoms with Gasteiger partial charge in [-0.3, -0.25) is 9.48 Å². The Morgan fingerprint density at radius 3 is 2.74 bits per heavy atom. The minimum absolute atomic E-state index is 0.00145. The lowest BCUT2D eigenvalue weighted by molar-refractivity contribution is -0.113. The number of amides is 1. The van der Waals surface area contributed by atoms with Crippen LogP contribution in [0.15, 0.2) is 6.07 Å². The Kier molecular flexibility index (Phi) is 4.23. The van der Waals surface area contributed by atoms with E-state index in [0.717, 1.165) is 23.2 Å². The molecule has 106 valence electrons. The SMILES string of the molecule is Cn1nc(C(C)(C)C)cc1NC(=O)CSCC1CC1. The first kappa shape index (κ1) is 14.4. The minimum Gasteiger partial charge on any atom is -0.310 e. The third-order valence-electron chi connectivity index (χ3n) is 3.20. The number of nitrogens with one attached hydrogen (secondary N) is 1. The zero-order chi connectivity index (χ0) is 14.0. The molecule has 1 aliphatic rings. The van der Waals surface area contributed by atoms with Gasteiger partial charge in [-0.05, 0) is 24.5 Å². The molecule has 1 aromatic rings. The topological polar surface area (TPSA) is 46.9 Å². The number of anilines is 1. The molecule has 0 bridgehead atoms. The zero-order valence-corrected chi connectivity index (χ0v) is 13.0. The Bertz CT molecular complexity index is 458. The van der Waals surface area contributed by atoms with Crippen molar-refractivity contribution in [2.75, 3.05) is 16.8 Å². The smallest absolute Gasteiger partial charge is 0.235 e. The fourth-order valence-corrected chi connectivity index (χ4v) is 2.77. The van der Waals surface area contributed by atoms with Crippen LogP contribution < -0.4 is 5.32 Å². The van der Waals surface area contributed by atoms with Crippen molar-refractivity contribution < 1.29 is 4.79 Å². The van der Waals surface area contributed by atoms with E-state index in [9.17, 15) is 4.79 Å². The maximum Gasteiger partial charge on any atom is 0.235 e. The lowest BCUT2D eigenvalue weighted by atomic mass is 9.92. The van der Waals surface area contributed by atoms with Gasteiger partial charge in [-0.2, -0.15) is 16.9 Å². The quantitative estimate of drug-likeness (QED) is 0.902. The van der Waals surface area contributed by atoms with Gasteiger partial charge in [0.15, 0.2) is 0 Å². The monoisotopic (exact) mass is 281 g/mol. The van der Waals surface area contributed by atoms with Crippen molar-refractivity contribution in [3.63, 3.8) is 0 Å². The third kappa shape index (κ3) is 4.27. The maximum atomic E-state index is 11.9. The van der Waals surface area contributed by atoms with Gasteiger partial charge in [0.25, 0.3) is 0 Å². The van der Waals surface area contributed by atoms with Crippen LogP contribution in [0.2, 0.25) is 0 Å². The second-order valence-corrected chi connectivity index (χ2v) is 7.33. The summed E-state index contributed by atoms with van der Waals surface area (Å²) in [6, 6.07) is 1.96. The van der Waals surface area contributed by atoms with Gasteiger partial charge in [-0.25, -0.2) is 0 Å². The Morgan fingerprint density at radius 2 is 2.21 bits per heavy atom. The molecule has 1 saturated carbocycles. The molecule has 2 rings (SSSR count). The summed E-state index contributed by atoms with van der Waals surface area (Å²) in [6.45, 7) is 6.35. The summed E-state index contributed by atoms with van der Waals surface area (Å²) in [5.74, 6) is 3.36. The van der Waals surface area contributed by atoms with Crippen LogP contribution in [0.1, 0.15) is 39.3 Å². The Hall–Kier alpha value is -0.970. The highest BCUT2D eigenvalue weighted by atomic mass is 32.2. The standard InChI is InChI=1S/C14H23N3OS/c1-14(2,3)11-7-12(17(4)16-11)15-13(18)9-19-8-10-5-6-10/h7,10H,5-6,8-9H2,1-4H3,(H,15,18). The molecule has 1 amide bonds. The first-order chi connectivity index (χ1) is 8.86. The molecule has 5 heteroatoms. The van der Waals surface area contributed by atoms with Gasteiger partial charge in [0.05, 0.1) is 11.4 Å². The summed E-state index contributed by atoms with van der Waals surface area (Å²) in [6.07, 6.45) is 2.68. The zero-order valence-electron chi connectivity index (χ0n) is 12.2. The molecular weight excluding hydrogens is 258 g/mol. The summed E-state index contributed by atoms with van der Waals surface area (Å²) in [5, 5.41) is 7.39. The number of aryl methyl sites for hydroxylation is 1. The predicted molar refractivity (Wildman–Crippen MR) is 80.6 cm³/mol. The highest BCUT2D eigenvalue weighted by Crippen LogP contribution is 2.32. The Morgan fingerprint density at radius 1 is 1.53 bits per heavy atom. The summed E-state index contributed by atoms with van der Waals surface area (Å²) in [7, 11) is 1.86. The molecule has 1 fully saturated rings. The number of hydrogen-bond donors (Lipinski definition) is 1. The Labute approximate surface area is 119 Å². The van der Waals surface area contributed by atoms with Gasteiger partial charge in [0.1, 0.15) is 5.82 Å². The second-order valence-electron chi connectivity index (χ2n) is 6.30. The summed E-state index contributed by atoms with van der Waals surface area (Å²) < 4.78 is 1.74. The molecule has 0 aromatic carbocycles. The number of carbonyl (C=O) groups is 1. The average Bonchev–Trinajstić information content (AvgIpc) is 3.03. The van der Waals surface area contributed by atoms with Crippen molar-refractivity contribution in [1.29, 1.82) is 0 Å². The van der Waals surface area contributed by atoms with Gasteiger partial charge in [-0.15, -0.1) is 0 Å². The van der Waals surface area contributed by atoms with E-state index >= 15 is 0 Å². The highest BCUT2D eigenvalue weighted by molar-refractivity contribution is 7.99. The van der Waals surface area contributed by atoms with E-state index < -0.39 is 0 Å². The first-order valence-corrected chi connectivity index (χ1v) is 7.94. The van der Waals surface area contributed by atoms with Crippen molar-refractivity contribution in [2.24, 2.45) is 13.0 Å². The molecule has 1 aromatic heterocycles. The molecule has 1 heterocycles. The van der Waals surface area contributed by atoms with Crippen LogP contribution in [0, 0.1) is 5.92 Å². The fraction of sp³-hybridized carbons (Fsp3) is 0.714. The van der Waals surface area contributed by atoms with Gasteiger partial charge < -0.3 is 5.32 Å². The lowest BCUT2D eigenvalue weighted by Crippen LogP contribution is -2.16. The number of thioether (sulfide) groups is 1. The van der Waals surface area contributed by atoms with Crippen LogP contribution in [-0.4, -0.2) is 27.2 Å². The van der Waals surface area contributed by atoms with E-state index in [4.69, 9.17) is 0 Å². The molecule has 1 N–H and O–H groups in total. The average molecular weight is 281 g/mol. The summed E-state index contributed by atoms with van der Waals surface area (Å²) >= 11 is 1.73. The van der Waals surface area contributed by atoms with Crippen LogP contribution in [-0.2, 0) is 17.3 Å². The van der Waals surface area contributed by atoms with Crippen LogP contribution in [0.3, 0.4) is 0 Å². The van der Waals surface area contributed by atoms with Crippen molar-refractivity contribution in [3.05, 3.63) is 11.8 Å². The van der Waals surface area contributed by atoms with Crippen LogP contribution in [0.4, 0.5) is 5.82 Å². The van der Waals surface area contributed by atoms with Crippen LogP contribution in [0.25, 0.3) is 0 Å². The highest BCUT2D eigenvalue weighted by Gasteiger charge is 2.22. The molecule has 1 aliphatic carbocycles. The fourth-order valence-electron chi connectivity index (χ4n) is 1.73. The van der Waals surface area contributed by atoms with Crippen molar-refractivity contribution in [1.82, 2.24) is 9.78 Å². The van der Waals surface area contributed by atoms with Gasteiger partial charge in [-0.1, -0.05) is 20.8 Å². The number of carbonyl (C=O) groups excluding carboxylic acids is 1. The molecule has 0 spiro atoms. The minimum atomic E-state index is 0.00145. The third-order valence-corrected chi connectivity index (χ3v) is 4.37. The molecule has 4 nitrogen and oxygen atoms in total. The van der Waals surface area contributed by atoms with E-state index in [1.54, 1.807) is 16.4 Å². The van der Waals surface area contributed by atoms with E-state index in [2.05, 4.69) is 31.2 Å². The lowest BCUT2D eigenvalue weighted by Gasteiger charge is -2.13. The van der Waals surface area contributed by atoms with E-state index in [0.29, 0.717) is 5.75 Å². The van der Waals surface area contributed by atoms with Gasteiger partial charge >= 0.3 is 0 Å². The van der Waals surface area contributed by atoms with Gasteiger partial charge in [0.2, 0.25) is 5.91 Å². The number of hydrogen-bond acceptors (Lipinski definition) is 3. The second kappa shape index (κ2) is 5.57. The molecule has 0 atom stereocenters. The first-order valence-electron chi connectivity index (χ1n) is 6.78. The van der Waals surface area contributed by atoms with Crippen molar-refractivity contribution in [2.45, 2.75) is 39.0 Å². The molecular formula is C14H23N3OS. The van der Waals surface area contributed by atoms with Crippen molar-refractivity contribution in [3.8, 4) is 0 Å². The van der Waals surface area contributed by atoms with E-state index in [1.165, 1.54) is 12.8 Å². The number of aromatic nitrogens is 2. The summed E-state index contributed by atoms with van der Waals surface area (Å²) in [5.41, 5.74) is 0.998. The van der Waals surface area contributed by atoms with E-state index in [1.807, 2.05) is 13.1 Å². The number of nitrogens with zero attached hydrogens (tertiary/aromatic N) is 2. The van der Waals surface area contributed by atoms with Crippen LogP contribution >= 0.6 is 11.8 Å². The maximum absolute atomic E-state index is 11.9. The predicted octanol–water partition coefficient (Wildman–Crippen LogP) is 2.80. The van der Waals surface area contributed by atoms with E-state index in [-0.39, 0.29) is 11.3 Å². The normalized spacial score (nSPS) is 15.6. The van der Waals surface area contributed by atoms with Crippen molar-refractivity contribution >= 4 is 23.5 Å². The molecule has 0 unspecified atom stereocenters. The molecule has 0 radical (unpaired) electrons. The molecule has 0 saturated heterocycles. The molecule has 0 aliphatic heterocycles.